The van der Waals surface area contributed by atoms with E-state index in [1.54, 1.807) is 58.8 Å². The largest absolute Gasteiger partial charge is 0.469 e. The van der Waals surface area contributed by atoms with E-state index in [1.807, 2.05) is 27.7 Å². The average Bonchev–Trinajstić information content (AvgIpc) is 3.38. The fourth-order valence-electron chi connectivity index (χ4n) is 5.64. The number of carbonyl (C=O) groups excluding carboxylic acids is 4. The van der Waals surface area contributed by atoms with Crippen molar-refractivity contribution in [3.05, 3.63) is 0 Å². The number of rotatable bonds is 14. The number of hydrogen-bond donors (Lipinski definition) is 1. The van der Waals surface area contributed by atoms with Crippen LogP contribution < -0.4 is 5.32 Å². The molecule has 0 aromatic rings. The monoisotopic (exact) mass is 585 g/mol. The van der Waals surface area contributed by atoms with Gasteiger partial charge in [0, 0.05) is 27.8 Å². The van der Waals surface area contributed by atoms with Gasteiger partial charge >= 0.3 is 12.1 Å². The van der Waals surface area contributed by atoms with Crippen LogP contribution in [0.1, 0.15) is 81.1 Å². The third-order valence-electron chi connectivity index (χ3n) is 8.02. The molecule has 1 N–H and O–H groups in total. The summed E-state index contributed by atoms with van der Waals surface area (Å²) in [5.74, 6) is -1.54. The summed E-state index contributed by atoms with van der Waals surface area (Å²) in [5.41, 5.74) is -0.703. The highest BCUT2D eigenvalue weighted by atomic mass is 16.6. The fourth-order valence-corrected chi connectivity index (χ4v) is 5.64. The summed E-state index contributed by atoms with van der Waals surface area (Å²) in [6.45, 7) is 15.3. The Bertz CT molecular complexity index is 874. The third kappa shape index (κ3) is 10.1. The Labute approximate surface area is 246 Å². The van der Waals surface area contributed by atoms with Gasteiger partial charge < -0.3 is 34.1 Å². The van der Waals surface area contributed by atoms with Gasteiger partial charge in [-0.05, 0) is 52.4 Å². The van der Waals surface area contributed by atoms with E-state index in [1.165, 1.54) is 7.11 Å². The molecule has 0 aliphatic carbocycles. The second kappa shape index (κ2) is 16.3. The number of esters is 1. The van der Waals surface area contributed by atoms with E-state index in [4.69, 9.17) is 18.9 Å². The lowest BCUT2D eigenvalue weighted by atomic mass is 9.89. The van der Waals surface area contributed by atoms with Gasteiger partial charge in [-0.2, -0.15) is 0 Å². The van der Waals surface area contributed by atoms with Gasteiger partial charge in [-0.3, -0.25) is 14.4 Å². The molecule has 0 unspecified atom stereocenters. The molecule has 11 heteroatoms. The molecule has 11 nitrogen and oxygen atoms in total. The van der Waals surface area contributed by atoms with Crippen LogP contribution in [0.3, 0.4) is 0 Å². The molecule has 1 aliphatic heterocycles. The summed E-state index contributed by atoms with van der Waals surface area (Å²) < 4.78 is 21.9. The number of amides is 3. The normalized spacial score (nSPS) is 20.0. The first-order valence-electron chi connectivity index (χ1n) is 14.7. The van der Waals surface area contributed by atoms with Gasteiger partial charge in [0.1, 0.15) is 11.6 Å². The van der Waals surface area contributed by atoms with Crippen molar-refractivity contribution in [3.63, 3.8) is 0 Å². The predicted octanol–water partition coefficient (Wildman–Crippen LogP) is 3.63. The van der Waals surface area contributed by atoms with Crippen LogP contribution in [0, 0.1) is 17.8 Å². The van der Waals surface area contributed by atoms with Gasteiger partial charge in [-0.15, -0.1) is 0 Å². The Morgan fingerprint density at radius 2 is 1.63 bits per heavy atom. The minimum Gasteiger partial charge on any atom is -0.469 e. The van der Waals surface area contributed by atoms with E-state index in [2.05, 4.69) is 5.32 Å². The molecular formula is C30H55N3O8. The van der Waals surface area contributed by atoms with Crippen molar-refractivity contribution >= 4 is 23.9 Å². The maximum Gasteiger partial charge on any atom is 0.408 e. The molecule has 0 spiro atoms. The van der Waals surface area contributed by atoms with Crippen LogP contribution in [0.15, 0.2) is 0 Å². The van der Waals surface area contributed by atoms with E-state index in [9.17, 15) is 19.2 Å². The van der Waals surface area contributed by atoms with E-state index >= 15 is 0 Å². The van der Waals surface area contributed by atoms with Crippen LogP contribution >= 0.6 is 0 Å². The first kappa shape index (κ1) is 36.6. The third-order valence-corrected chi connectivity index (χ3v) is 8.02. The Morgan fingerprint density at radius 1 is 1.02 bits per heavy atom. The van der Waals surface area contributed by atoms with Gasteiger partial charge in [0.25, 0.3) is 0 Å². The number of hydrogen-bond acceptors (Lipinski definition) is 8. The first-order chi connectivity index (χ1) is 19.0. The molecular weight excluding hydrogens is 530 g/mol. The summed E-state index contributed by atoms with van der Waals surface area (Å²) in [5, 5.41) is 2.74. The number of nitrogens with zero attached hydrogens (tertiary/aromatic N) is 2. The topological polar surface area (TPSA) is 124 Å². The summed E-state index contributed by atoms with van der Waals surface area (Å²) in [6.07, 6.45) is 0.539. The highest BCUT2D eigenvalue weighted by molar-refractivity contribution is 5.86. The number of nitrogens with one attached hydrogen (secondary N) is 1. The molecule has 0 bridgehead atoms. The van der Waals surface area contributed by atoms with E-state index in [0.717, 1.165) is 12.8 Å². The second-order valence-electron chi connectivity index (χ2n) is 12.5. The zero-order chi connectivity index (χ0) is 31.7. The quantitative estimate of drug-likeness (QED) is 0.307. The molecule has 0 aromatic heterocycles. The van der Waals surface area contributed by atoms with E-state index < -0.39 is 41.9 Å². The number of likely N-dealkylation sites (tertiary alicyclic amines) is 1. The van der Waals surface area contributed by atoms with Crippen molar-refractivity contribution < 1.29 is 38.1 Å². The van der Waals surface area contributed by atoms with Gasteiger partial charge in [0.15, 0.2) is 0 Å². The molecule has 1 heterocycles. The lowest BCUT2D eigenvalue weighted by molar-refractivity contribution is -0.154. The van der Waals surface area contributed by atoms with Gasteiger partial charge in [0.2, 0.25) is 11.8 Å². The summed E-state index contributed by atoms with van der Waals surface area (Å²) in [6, 6.07) is -1.53. The smallest absolute Gasteiger partial charge is 0.408 e. The summed E-state index contributed by atoms with van der Waals surface area (Å²) in [4.78, 5) is 55.7. The van der Waals surface area contributed by atoms with Crippen LogP contribution in [0.4, 0.5) is 4.79 Å². The Morgan fingerprint density at radius 3 is 2.10 bits per heavy atom. The Kier molecular flexibility index (Phi) is 14.6. The fraction of sp³-hybridized carbons (Fsp3) is 0.867. The molecule has 0 aromatic carbocycles. The predicted molar refractivity (Wildman–Crippen MR) is 156 cm³/mol. The van der Waals surface area contributed by atoms with E-state index in [-0.39, 0.29) is 42.1 Å². The van der Waals surface area contributed by atoms with Crippen molar-refractivity contribution in [1.82, 2.24) is 15.1 Å². The minimum absolute atomic E-state index is 0.00326. The number of methoxy groups -OCH3 is 3. The SMILES string of the molecule is CC[C@H](C)[C@@H]([C@@H](CC(=O)N1CCC[C@H]1[C@H](OC)[C@@H](C)C(=O)OC)OC)N(C)C(=O)[C@@H](NC(=O)OC(C)(C)C)C(C)C. The number of likely N-dealkylation sites (N-methyl/N-ethyl adjacent to an activating group) is 1. The highest BCUT2D eigenvalue weighted by Gasteiger charge is 2.43. The van der Waals surface area contributed by atoms with Crippen LogP contribution in [-0.2, 0) is 33.3 Å². The molecule has 0 saturated carbocycles. The standard InChI is InChI=1S/C30H55N3O8/c1-13-19(4)25(32(9)27(35)24(18(2)3)31-29(37)41-30(6,7)8)22(38-10)17-23(34)33-16-14-15-21(33)26(39-11)20(5)28(36)40-12/h18-22,24-26H,13-17H2,1-12H3,(H,31,37)/t19-,20+,21-,22+,24-,25-,26+/m0/s1. The zero-order valence-electron chi connectivity index (χ0n) is 27.3. The van der Waals surface area contributed by atoms with Crippen molar-refractivity contribution in [2.24, 2.45) is 17.8 Å². The van der Waals surface area contributed by atoms with Crippen molar-refractivity contribution in [2.75, 3.05) is 34.9 Å². The van der Waals surface area contributed by atoms with E-state index in [0.29, 0.717) is 13.0 Å². The highest BCUT2D eigenvalue weighted by Crippen LogP contribution is 2.29. The molecule has 238 valence electrons. The van der Waals surface area contributed by atoms with Crippen LogP contribution in [0.2, 0.25) is 0 Å². The van der Waals surface area contributed by atoms with Crippen molar-refractivity contribution in [3.8, 4) is 0 Å². The first-order valence-corrected chi connectivity index (χ1v) is 14.7. The van der Waals surface area contributed by atoms with Gasteiger partial charge in [0.05, 0.1) is 43.7 Å². The maximum atomic E-state index is 13.8. The molecule has 1 saturated heterocycles. The van der Waals surface area contributed by atoms with Crippen LogP contribution in [0.25, 0.3) is 0 Å². The lowest BCUT2D eigenvalue weighted by Crippen LogP contribution is -2.58. The minimum atomic E-state index is -0.820. The molecule has 1 aliphatic rings. The molecule has 41 heavy (non-hydrogen) atoms. The van der Waals surface area contributed by atoms with Crippen molar-refractivity contribution in [2.45, 2.75) is 117 Å². The molecule has 7 atom stereocenters. The number of ether oxygens (including phenoxy) is 4. The number of alkyl carbamates (subject to hydrolysis) is 1. The lowest BCUT2D eigenvalue weighted by Gasteiger charge is -2.40. The zero-order valence-corrected chi connectivity index (χ0v) is 27.3. The summed E-state index contributed by atoms with van der Waals surface area (Å²) in [7, 11) is 6.12. The molecule has 1 rings (SSSR count). The molecule has 0 radical (unpaired) electrons. The van der Waals surface area contributed by atoms with Crippen molar-refractivity contribution in [1.29, 1.82) is 0 Å². The number of carbonyl (C=O) groups is 4. The van der Waals surface area contributed by atoms with Crippen LogP contribution in [-0.4, -0.2) is 105 Å². The summed E-state index contributed by atoms with van der Waals surface area (Å²) >= 11 is 0. The van der Waals surface area contributed by atoms with Gasteiger partial charge in [-0.1, -0.05) is 34.1 Å². The average molecular weight is 586 g/mol. The molecule has 1 fully saturated rings. The maximum absolute atomic E-state index is 13.8. The second-order valence-corrected chi connectivity index (χ2v) is 12.5. The van der Waals surface area contributed by atoms with Gasteiger partial charge in [-0.25, -0.2) is 4.79 Å². The van der Waals surface area contributed by atoms with Crippen LogP contribution in [0.5, 0.6) is 0 Å². The Balaban J connectivity index is 3.21. The molecule has 3 amide bonds. The Hall–Kier alpha value is -2.40.